The Morgan fingerprint density at radius 3 is 2.45 bits per heavy atom. The van der Waals surface area contributed by atoms with Gasteiger partial charge in [-0.25, -0.2) is 8.42 Å². The molecule has 29 heavy (non-hydrogen) atoms. The number of halogens is 1. The minimum absolute atomic E-state index is 0.275. The Morgan fingerprint density at radius 1 is 1.21 bits per heavy atom. The van der Waals surface area contributed by atoms with Crippen LogP contribution in [0.3, 0.4) is 0 Å². The molecule has 2 rings (SSSR count). The Balaban J connectivity index is 2.11. The maximum Gasteiger partial charge on any atom is 0.243 e. The van der Waals surface area contributed by atoms with Gasteiger partial charge in [0.25, 0.3) is 0 Å². The molecule has 158 valence electrons. The number of hydrogen-bond donors (Lipinski definition) is 1. The smallest absolute Gasteiger partial charge is 0.243 e. The summed E-state index contributed by atoms with van der Waals surface area (Å²) < 4.78 is 31.2. The fourth-order valence-electron chi connectivity index (χ4n) is 3.12. The van der Waals surface area contributed by atoms with Crippen LogP contribution in [0.1, 0.15) is 25.3 Å². The maximum atomic E-state index is 12.8. The molecule has 1 amide bonds. The van der Waals surface area contributed by atoms with Gasteiger partial charge in [0.05, 0.1) is 24.1 Å². The van der Waals surface area contributed by atoms with Crippen molar-refractivity contribution in [3.05, 3.63) is 59.1 Å². The van der Waals surface area contributed by atoms with Crippen LogP contribution in [-0.2, 0) is 21.2 Å². The van der Waals surface area contributed by atoms with Gasteiger partial charge in [-0.15, -0.1) is 0 Å². The lowest BCUT2D eigenvalue weighted by Gasteiger charge is -2.30. The first-order valence-electron chi connectivity index (χ1n) is 9.42. The van der Waals surface area contributed by atoms with Gasteiger partial charge in [0.1, 0.15) is 11.8 Å². The molecule has 0 aliphatic rings. The lowest BCUT2D eigenvalue weighted by molar-refractivity contribution is -0.122. The van der Waals surface area contributed by atoms with Crippen molar-refractivity contribution in [2.24, 2.45) is 0 Å². The van der Waals surface area contributed by atoms with E-state index in [1.54, 1.807) is 19.1 Å². The summed E-state index contributed by atoms with van der Waals surface area (Å²) in [6.45, 7) is 2.24. The first-order valence-corrected chi connectivity index (χ1v) is 11.6. The van der Waals surface area contributed by atoms with Crippen LogP contribution < -0.4 is 14.4 Å². The number of rotatable bonds is 10. The third-order valence-corrected chi connectivity index (χ3v) is 5.98. The van der Waals surface area contributed by atoms with Gasteiger partial charge < -0.3 is 10.1 Å². The molecule has 8 heteroatoms. The fraction of sp³-hybridized carbons (Fsp3) is 0.381. The van der Waals surface area contributed by atoms with E-state index in [2.05, 4.69) is 5.32 Å². The monoisotopic (exact) mass is 438 g/mol. The zero-order valence-electron chi connectivity index (χ0n) is 16.9. The summed E-state index contributed by atoms with van der Waals surface area (Å²) in [5.74, 6) is 0.0974. The summed E-state index contributed by atoms with van der Waals surface area (Å²) in [7, 11) is -2.23. The Hall–Kier alpha value is -2.25. The number of ether oxygens (including phenoxy) is 1. The third kappa shape index (κ3) is 6.37. The summed E-state index contributed by atoms with van der Waals surface area (Å²) >= 11 is 6.16. The van der Waals surface area contributed by atoms with Crippen molar-refractivity contribution in [1.82, 2.24) is 5.32 Å². The van der Waals surface area contributed by atoms with E-state index in [9.17, 15) is 13.2 Å². The Kier molecular flexibility index (Phi) is 8.34. The number of carbonyl (C=O) groups is 1. The standard InChI is InChI=1S/C21H27ClN2O4S/c1-4-19(21(25)23-14-8-11-16-9-6-5-7-10-16)24(29(3,26)27)17-12-13-20(28-2)18(22)15-17/h5-7,9-10,12-13,15,19H,4,8,11,14H2,1-3H3,(H,23,25). The molecule has 2 aromatic carbocycles. The zero-order valence-corrected chi connectivity index (χ0v) is 18.5. The molecule has 1 N–H and O–H groups in total. The average molecular weight is 439 g/mol. The van der Waals surface area contributed by atoms with E-state index < -0.39 is 16.1 Å². The topological polar surface area (TPSA) is 75.7 Å². The summed E-state index contributed by atoms with van der Waals surface area (Å²) in [4.78, 5) is 12.8. The largest absolute Gasteiger partial charge is 0.495 e. The average Bonchev–Trinajstić information content (AvgIpc) is 2.69. The second-order valence-corrected chi connectivity index (χ2v) is 8.95. The van der Waals surface area contributed by atoms with E-state index >= 15 is 0 Å². The predicted octanol–water partition coefficient (Wildman–Crippen LogP) is 3.64. The van der Waals surface area contributed by atoms with Crippen LogP contribution in [0, 0.1) is 0 Å². The van der Waals surface area contributed by atoms with Crippen LogP contribution in [0.2, 0.25) is 5.02 Å². The van der Waals surface area contributed by atoms with Gasteiger partial charge >= 0.3 is 0 Å². The highest BCUT2D eigenvalue weighted by Gasteiger charge is 2.31. The molecule has 0 radical (unpaired) electrons. The third-order valence-electron chi connectivity index (χ3n) is 4.50. The number of amides is 1. The molecule has 0 aliphatic carbocycles. The maximum absolute atomic E-state index is 12.8. The van der Waals surface area contributed by atoms with Gasteiger partial charge in [0.2, 0.25) is 15.9 Å². The van der Waals surface area contributed by atoms with Crippen molar-refractivity contribution in [2.75, 3.05) is 24.2 Å². The van der Waals surface area contributed by atoms with E-state index in [0.717, 1.165) is 23.4 Å². The van der Waals surface area contributed by atoms with Crippen molar-refractivity contribution in [3.63, 3.8) is 0 Å². The second-order valence-electron chi connectivity index (χ2n) is 6.68. The quantitative estimate of drug-likeness (QED) is 0.574. The van der Waals surface area contributed by atoms with Gasteiger partial charge in [-0.3, -0.25) is 9.10 Å². The minimum atomic E-state index is -3.71. The van der Waals surface area contributed by atoms with Crippen molar-refractivity contribution in [1.29, 1.82) is 0 Å². The first kappa shape index (κ1) is 23.0. The molecule has 6 nitrogen and oxygen atoms in total. The number of sulfonamides is 1. The van der Waals surface area contributed by atoms with Crippen LogP contribution in [0.15, 0.2) is 48.5 Å². The molecule has 0 spiro atoms. The van der Waals surface area contributed by atoms with E-state index in [4.69, 9.17) is 16.3 Å². The number of benzene rings is 2. The molecule has 0 saturated heterocycles. The van der Waals surface area contributed by atoms with Crippen LogP contribution in [0.4, 0.5) is 5.69 Å². The number of aryl methyl sites for hydroxylation is 1. The Labute approximate surface area is 177 Å². The summed E-state index contributed by atoms with van der Waals surface area (Å²) in [5, 5.41) is 3.14. The molecule has 0 bridgehead atoms. The molecule has 1 atom stereocenters. The molecule has 1 unspecified atom stereocenters. The molecular formula is C21H27ClN2O4S. The van der Waals surface area contributed by atoms with Crippen LogP contribution in [-0.4, -0.2) is 40.3 Å². The zero-order chi connectivity index (χ0) is 21.4. The highest BCUT2D eigenvalue weighted by atomic mass is 35.5. The number of nitrogens with one attached hydrogen (secondary N) is 1. The van der Waals surface area contributed by atoms with E-state index in [1.807, 2.05) is 30.3 Å². The molecule has 0 aliphatic heterocycles. The summed E-state index contributed by atoms with van der Waals surface area (Å²) in [5.41, 5.74) is 1.52. The molecule has 0 fully saturated rings. The highest BCUT2D eigenvalue weighted by molar-refractivity contribution is 7.92. The van der Waals surface area contributed by atoms with Gasteiger partial charge in [0, 0.05) is 6.54 Å². The number of nitrogens with zero attached hydrogens (tertiary/aromatic N) is 1. The van der Waals surface area contributed by atoms with Gasteiger partial charge in [-0.1, -0.05) is 48.9 Å². The highest BCUT2D eigenvalue weighted by Crippen LogP contribution is 2.31. The Morgan fingerprint density at radius 2 is 1.90 bits per heavy atom. The van der Waals surface area contributed by atoms with Crippen molar-refractivity contribution in [3.8, 4) is 5.75 Å². The predicted molar refractivity (Wildman–Crippen MR) is 117 cm³/mol. The number of carbonyl (C=O) groups excluding carboxylic acids is 1. The van der Waals surface area contributed by atoms with E-state index in [-0.39, 0.29) is 10.9 Å². The number of anilines is 1. The second kappa shape index (κ2) is 10.5. The normalized spacial score (nSPS) is 12.3. The SMILES string of the molecule is CCC(C(=O)NCCCc1ccccc1)N(c1ccc(OC)c(Cl)c1)S(C)(=O)=O. The van der Waals surface area contributed by atoms with E-state index in [0.29, 0.717) is 24.4 Å². The first-order chi connectivity index (χ1) is 13.8. The minimum Gasteiger partial charge on any atom is -0.495 e. The molecule has 0 aromatic heterocycles. The van der Waals surface area contributed by atoms with Crippen molar-refractivity contribution >= 4 is 33.2 Å². The van der Waals surface area contributed by atoms with E-state index in [1.165, 1.54) is 18.7 Å². The van der Waals surface area contributed by atoms with Gasteiger partial charge in [0.15, 0.2) is 0 Å². The lowest BCUT2D eigenvalue weighted by Crippen LogP contribution is -2.49. The molecule has 0 heterocycles. The van der Waals surface area contributed by atoms with Crippen LogP contribution >= 0.6 is 11.6 Å². The Bertz CT molecular complexity index is 920. The lowest BCUT2D eigenvalue weighted by atomic mass is 10.1. The summed E-state index contributed by atoms with van der Waals surface area (Å²) in [6.07, 6.45) is 3.00. The van der Waals surface area contributed by atoms with Gasteiger partial charge in [-0.2, -0.15) is 0 Å². The fourth-order valence-corrected chi connectivity index (χ4v) is 4.57. The molecule has 0 saturated carbocycles. The molecule has 2 aromatic rings. The summed E-state index contributed by atoms with van der Waals surface area (Å²) in [6, 6.07) is 13.8. The van der Waals surface area contributed by atoms with Crippen molar-refractivity contribution in [2.45, 2.75) is 32.2 Å². The molecular weight excluding hydrogens is 412 g/mol. The van der Waals surface area contributed by atoms with Gasteiger partial charge in [-0.05, 0) is 43.0 Å². The van der Waals surface area contributed by atoms with Crippen LogP contribution in [0.5, 0.6) is 5.75 Å². The number of hydrogen-bond acceptors (Lipinski definition) is 4. The van der Waals surface area contributed by atoms with Crippen molar-refractivity contribution < 1.29 is 17.9 Å². The number of methoxy groups -OCH3 is 1. The van der Waals surface area contributed by atoms with Crippen LogP contribution in [0.25, 0.3) is 0 Å².